The Balaban J connectivity index is 1.60. The summed E-state index contributed by atoms with van der Waals surface area (Å²) >= 11 is 0. The van der Waals surface area contributed by atoms with Gasteiger partial charge in [-0.3, -0.25) is 9.59 Å². The van der Waals surface area contributed by atoms with Crippen LogP contribution in [0.25, 0.3) is 11.3 Å². The first-order valence-electron chi connectivity index (χ1n) is 7.97. The minimum absolute atomic E-state index is 0.0611. The van der Waals surface area contributed by atoms with Gasteiger partial charge in [-0.2, -0.15) is 0 Å². The van der Waals surface area contributed by atoms with Gasteiger partial charge in [-0.25, -0.2) is 13.8 Å². The molecule has 0 bridgehead atoms. The maximum Gasteiger partial charge on any atom is 0.223 e. The summed E-state index contributed by atoms with van der Waals surface area (Å²) in [6.45, 7) is 1.31. The van der Waals surface area contributed by atoms with Crippen LogP contribution in [-0.2, 0) is 16.0 Å². The number of aryl methyl sites for hydroxylation is 1. The molecule has 2 aromatic rings. The summed E-state index contributed by atoms with van der Waals surface area (Å²) in [7, 11) is 0. The molecule has 8 heteroatoms. The van der Waals surface area contributed by atoms with Crippen LogP contribution in [0.3, 0.4) is 0 Å². The van der Waals surface area contributed by atoms with E-state index in [9.17, 15) is 18.4 Å². The van der Waals surface area contributed by atoms with Gasteiger partial charge < -0.3 is 14.6 Å². The quantitative estimate of drug-likeness (QED) is 0.915. The van der Waals surface area contributed by atoms with Gasteiger partial charge in [0.1, 0.15) is 11.6 Å². The Hall–Kier alpha value is -2.77. The number of rotatable bonds is 4. The number of hydrogen-bond acceptors (Lipinski definition) is 4. The molecule has 1 aromatic heterocycles. The number of carbonyl (C=O) groups is 2. The topological polar surface area (TPSA) is 75.4 Å². The number of benzene rings is 1. The lowest BCUT2D eigenvalue weighted by Gasteiger charge is -2.18. The summed E-state index contributed by atoms with van der Waals surface area (Å²) in [6.07, 6.45) is 2.09. The summed E-state index contributed by atoms with van der Waals surface area (Å²) in [4.78, 5) is 29.2. The largest absolute Gasteiger partial charge is 0.441 e. The highest BCUT2D eigenvalue weighted by Crippen LogP contribution is 2.24. The smallest absolute Gasteiger partial charge is 0.223 e. The molecule has 1 fully saturated rings. The molecule has 2 heterocycles. The normalized spacial score (nSPS) is 15.0. The van der Waals surface area contributed by atoms with Crippen LogP contribution in [0.4, 0.5) is 8.78 Å². The van der Waals surface area contributed by atoms with E-state index in [4.69, 9.17) is 4.42 Å². The number of oxazole rings is 1. The average Bonchev–Trinajstić information content (AvgIpc) is 2.93. The van der Waals surface area contributed by atoms with Crippen molar-refractivity contribution in [2.24, 2.45) is 0 Å². The summed E-state index contributed by atoms with van der Waals surface area (Å²) in [6, 6.07) is 3.19. The fourth-order valence-corrected chi connectivity index (χ4v) is 2.63. The zero-order valence-electron chi connectivity index (χ0n) is 13.4. The molecule has 1 aliphatic heterocycles. The van der Waals surface area contributed by atoms with Crippen molar-refractivity contribution in [2.45, 2.75) is 19.3 Å². The first kappa shape index (κ1) is 17.1. The lowest BCUT2D eigenvalue weighted by molar-refractivity contribution is -0.131. The Labute approximate surface area is 142 Å². The van der Waals surface area contributed by atoms with Gasteiger partial charge in [-0.05, 0) is 12.1 Å². The van der Waals surface area contributed by atoms with Gasteiger partial charge >= 0.3 is 0 Å². The van der Waals surface area contributed by atoms with Gasteiger partial charge in [0.25, 0.3) is 0 Å². The number of aromatic nitrogens is 1. The zero-order valence-corrected chi connectivity index (χ0v) is 13.4. The zero-order chi connectivity index (χ0) is 17.8. The molecule has 0 atom stereocenters. The summed E-state index contributed by atoms with van der Waals surface area (Å²) in [5, 5.41) is 2.71. The molecule has 0 saturated carbocycles. The van der Waals surface area contributed by atoms with Crippen LogP contribution in [0.2, 0.25) is 0 Å². The third kappa shape index (κ3) is 4.20. The molecule has 0 unspecified atom stereocenters. The minimum Gasteiger partial charge on any atom is -0.441 e. The third-order valence-corrected chi connectivity index (χ3v) is 3.97. The number of hydrogen-bond donors (Lipinski definition) is 1. The second-order valence-corrected chi connectivity index (χ2v) is 5.72. The Morgan fingerprint density at radius 2 is 2.16 bits per heavy atom. The minimum atomic E-state index is -0.736. The van der Waals surface area contributed by atoms with Crippen LogP contribution in [0.1, 0.15) is 18.7 Å². The van der Waals surface area contributed by atoms with Crippen molar-refractivity contribution in [3.63, 3.8) is 0 Å². The molecule has 2 amide bonds. The van der Waals surface area contributed by atoms with Crippen LogP contribution >= 0.6 is 0 Å². The van der Waals surface area contributed by atoms with E-state index in [1.54, 1.807) is 4.90 Å². The Kier molecular flexibility index (Phi) is 5.06. The number of nitrogens with one attached hydrogen (secondary N) is 1. The van der Waals surface area contributed by atoms with E-state index >= 15 is 0 Å². The van der Waals surface area contributed by atoms with E-state index in [1.165, 1.54) is 12.3 Å². The predicted molar refractivity (Wildman–Crippen MR) is 84.4 cm³/mol. The van der Waals surface area contributed by atoms with Crippen LogP contribution in [-0.4, -0.2) is 41.3 Å². The summed E-state index contributed by atoms with van der Waals surface area (Å²) in [5.41, 5.74) is 0.114. The van der Waals surface area contributed by atoms with Crippen molar-refractivity contribution >= 4 is 11.8 Å². The third-order valence-electron chi connectivity index (χ3n) is 3.97. The molecule has 6 nitrogen and oxygen atoms in total. The van der Waals surface area contributed by atoms with Crippen LogP contribution in [0.15, 0.2) is 28.8 Å². The lowest BCUT2D eigenvalue weighted by Crippen LogP contribution is -2.34. The molecular weight excluding hydrogens is 332 g/mol. The molecule has 1 saturated heterocycles. The number of nitrogens with zero attached hydrogens (tertiary/aromatic N) is 2. The van der Waals surface area contributed by atoms with Gasteiger partial charge in [0.05, 0.1) is 11.8 Å². The molecule has 1 N–H and O–H groups in total. The van der Waals surface area contributed by atoms with Crippen molar-refractivity contribution in [1.29, 1.82) is 0 Å². The van der Waals surface area contributed by atoms with E-state index in [0.717, 1.165) is 12.1 Å². The molecule has 0 aliphatic carbocycles. The maximum absolute atomic E-state index is 13.8. The van der Waals surface area contributed by atoms with E-state index in [1.807, 2.05) is 0 Å². The summed E-state index contributed by atoms with van der Waals surface area (Å²) < 4.78 is 32.2. The lowest BCUT2D eigenvalue weighted by atomic mass is 10.2. The molecule has 132 valence electrons. The van der Waals surface area contributed by atoms with Gasteiger partial charge in [-0.1, -0.05) is 0 Å². The fourth-order valence-electron chi connectivity index (χ4n) is 2.63. The molecular formula is C17H17F2N3O3. The number of amides is 2. The first-order valence-corrected chi connectivity index (χ1v) is 7.97. The summed E-state index contributed by atoms with van der Waals surface area (Å²) in [5.74, 6) is -1.07. The Morgan fingerprint density at radius 1 is 1.32 bits per heavy atom. The number of halogens is 2. The van der Waals surface area contributed by atoms with Gasteiger partial charge in [0.2, 0.25) is 11.8 Å². The van der Waals surface area contributed by atoms with Crippen LogP contribution in [0, 0.1) is 11.6 Å². The van der Waals surface area contributed by atoms with Gasteiger partial charge in [-0.15, -0.1) is 0 Å². The van der Waals surface area contributed by atoms with Gasteiger partial charge in [0.15, 0.2) is 11.7 Å². The average molecular weight is 349 g/mol. The Bertz CT molecular complexity index is 791. The van der Waals surface area contributed by atoms with E-state index in [0.29, 0.717) is 31.9 Å². The fraction of sp³-hybridized carbons (Fsp3) is 0.353. The van der Waals surface area contributed by atoms with Crippen LogP contribution in [0.5, 0.6) is 0 Å². The highest BCUT2D eigenvalue weighted by atomic mass is 19.1. The van der Waals surface area contributed by atoms with Crippen molar-refractivity contribution in [1.82, 2.24) is 15.2 Å². The molecule has 3 rings (SSSR count). The second-order valence-electron chi connectivity index (χ2n) is 5.72. The van der Waals surface area contributed by atoms with Crippen molar-refractivity contribution in [3.05, 3.63) is 41.9 Å². The molecule has 1 aromatic carbocycles. The van der Waals surface area contributed by atoms with Gasteiger partial charge in [0, 0.05) is 45.0 Å². The highest BCUT2D eigenvalue weighted by molar-refractivity contribution is 5.80. The van der Waals surface area contributed by atoms with Crippen LogP contribution < -0.4 is 5.32 Å². The van der Waals surface area contributed by atoms with E-state index in [2.05, 4.69) is 10.3 Å². The van der Waals surface area contributed by atoms with E-state index in [-0.39, 0.29) is 36.0 Å². The second kappa shape index (κ2) is 7.42. The standard InChI is InChI=1S/C17H17F2N3O3/c18-11-1-2-12(13(19)9-11)14-10-21-16(25-14)3-4-17(24)22-7-5-15(23)20-6-8-22/h1-2,9-10H,3-8H2,(H,20,23). The van der Waals surface area contributed by atoms with Crippen molar-refractivity contribution < 1.29 is 22.8 Å². The molecule has 0 spiro atoms. The predicted octanol–water partition coefficient (Wildman–Crippen LogP) is 1.90. The SMILES string of the molecule is O=C1CCN(C(=O)CCc2ncc(-c3ccc(F)cc3F)o2)CCN1. The molecule has 25 heavy (non-hydrogen) atoms. The van der Waals surface area contributed by atoms with Crippen molar-refractivity contribution in [2.75, 3.05) is 19.6 Å². The van der Waals surface area contributed by atoms with Crippen molar-refractivity contribution in [3.8, 4) is 11.3 Å². The van der Waals surface area contributed by atoms with E-state index < -0.39 is 11.6 Å². The molecule has 0 radical (unpaired) electrons. The Morgan fingerprint density at radius 3 is 2.96 bits per heavy atom. The highest BCUT2D eigenvalue weighted by Gasteiger charge is 2.19. The number of carbonyl (C=O) groups excluding carboxylic acids is 2. The monoisotopic (exact) mass is 349 g/mol. The molecule has 1 aliphatic rings. The maximum atomic E-state index is 13.8. The first-order chi connectivity index (χ1) is 12.0.